The van der Waals surface area contributed by atoms with Crippen molar-refractivity contribution >= 4 is 5.78 Å². The SMILES string of the molecule is COc1ccc(C(=O)C(C)N(C)CC2(O)CCCC2)cc1. The lowest BCUT2D eigenvalue weighted by Crippen LogP contribution is -2.45. The van der Waals surface area contributed by atoms with Gasteiger partial charge in [-0.2, -0.15) is 0 Å². The Balaban J connectivity index is 2.00. The summed E-state index contributed by atoms with van der Waals surface area (Å²) in [5.74, 6) is 0.814. The van der Waals surface area contributed by atoms with E-state index in [-0.39, 0.29) is 11.8 Å². The minimum atomic E-state index is -0.622. The summed E-state index contributed by atoms with van der Waals surface area (Å²) in [7, 11) is 3.51. The predicted molar refractivity (Wildman–Crippen MR) is 82.8 cm³/mol. The van der Waals surface area contributed by atoms with Crippen LogP contribution in [0.3, 0.4) is 0 Å². The Kier molecular flexibility index (Phi) is 5.01. The third-order valence-electron chi connectivity index (χ3n) is 4.49. The molecule has 0 radical (unpaired) electrons. The van der Waals surface area contributed by atoms with E-state index >= 15 is 0 Å². The van der Waals surface area contributed by atoms with E-state index in [0.717, 1.165) is 31.4 Å². The summed E-state index contributed by atoms with van der Waals surface area (Å²) in [6, 6.07) is 6.92. The molecule has 1 aliphatic rings. The zero-order chi connectivity index (χ0) is 15.5. The average Bonchev–Trinajstić information content (AvgIpc) is 2.92. The number of benzene rings is 1. The van der Waals surface area contributed by atoms with Crippen molar-refractivity contribution in [2.45, 2.75) is 44.2 Å². The number of carbonyl (C=O) groups excluding carboxylic acids is 1. The van der Waals surface area contributed by atoms with Gasteiger partial charge in [0.25, 0.3) is 0 Å². The van der Waals surface area contributed by atoms with E-state index in [1.54, 1.807) is 31.4 Å². The van der Waals surface area contributed by atoms with Gasteiger partial charge in [-0.15, -0.1) is 0 Å². The fourth-order valence-corrected chi connectivity index (χ4v) is 2.99. The molecule has 1 N–H and O–H groups in total. The maximum absolute atomic E-state index is 12.5. The Bertz CT molecular complexity index is 477. The van der Waals surface area contributed by atoms with Crippen molar-refractivity contribution in [1.29, 1.82) is 0 Å². The number of Topliss-reactive ketones (excluding diaryl/α,β-unsaturated/α-hetero) is 1. The lowest BCUT2D eigenvalue weighted by Gasteiger charge is -2.32. The molecule has 1 aromatic rings. The van der Waals surface area contributed by atoms with Crippen molar-refractivity contribution in [1.82, 2.24) is 4.90 Å². The maximum atomic E-state index is 12.5. The molecule has 0 bridgehead atoms. The van der Waals surface area contributed by atoms with Crippen LogP contribution in [0.1, 0.15) is 43.0 Å². The Morgan fingerprint density at radius 1 is 1.33 bits per heavy atom. The van der Waals surface area contributed by atoms with Gasteiger partial charge in [0, 0.05) is 12.1 Å². The van der Waals surface area contributed by atoms with Gasteiger partial charge in [0.15, 0.2) is 5.78 Å². The highest BCUT2D eigenvalue weighted by Gasteiger charge is 2.34. The first kappa shape index (κ1) is 16.0. The fourth-order valence-electron chi connectivity index (χ4n) is 2.99. The maximum Gasteiger partial charge on any atom is 0.179 e. The second-order valence-corrected chi connectivity index (χ2v) is 6.12. The lowest BCUT2D eigenvalue weighted by atomic mass is 9.99. The summed E-state index contributed by atoms with van der Waals surface area (Å²) in [5, 5.41) is 10.5. The van der Waals surface area contributed by atoms with Gasteiger partial charge in [0.1, 0.15) is 5.75 Å². The number of likely N-dealkylation sites (N-methyl/N-ethyl adjacent to an activating group) is 1. The molecule has 2 rings (SSSR count). The normalized spacial score (nSPS) is 18.7. The molecule has 1 atom stereocenters. The molecular weight excluding hydrogens is 266 g/mol. The minimum absolute atomic E-state index is 0.0711. The zero-order valence-corrected chi connectivity index (χ0v) is 13.1. The van der Waals surface area contributed by atoms with Crippen molar-refractivity contribution < 1.29 is 14.6 Å². The van der Waals surface area contributed by atoms with Crippen LogP contribution in [0.25, 0.3) is 0 Å². The quantitative estimate of drug-likeness (QED) is 0.818. The van der Waals surface area contributed by atoms with E-state index in [1.807, 2.05) is 18.9 Å². The summed E-state index contributed by atoms with van der Waals surface area (Å²) in [6.07, 6.45) is 3.82. The number of aliphatic hydroxyl groups is 1. The highest BCUT2D eigenvalue weighted by atomic mass is 16.5. The van der Waals surface area contributed by atoms with Gasteiger partial charge < -0.3 is 9.84 Å². The number of carbonyl (C=O) groups is 1. The molecule has 0 aromatic heterocycles. The molecule has 0 saturated heterocycles. The average molecular weight is 291 g/mol. The molecule has 4 nitrogen and oxygen atoms in total. The summed E-state index contributed by atoms with van der Waals surface area (Å²) in [5.41, 5.74) is 0.0528. The van der Waals surface area contributed by atoms with Crippen LogP contribution in [0.15, 0.2) is 24.3 Å². The molecule has 1 aliphatic carbocycles. The van der Waals surface area contributed by atoms with Crippen LogP contribution >= 0.6 is 0 Å². The van der Waals surface area contributed by atoms with Gasteiger partial charge in [0.2, 0.25) is 0 Å². The van der Waals surface area contributed by atoms with Crippen molar-refractivity contribution in [2.24, 2.45) is 0 Å². The second kappa shape index (κ2) is 6.58. The van der Waals surface area contributed by atoms with Gasteiger partial charge in [0.05, 0.1) is 18.8 Å². The molecule has 1 fully saturated rings. The van der Waals surface area contributed by atoms with Crippen molar-refractivity contribution in [3.8, 4) is 5.75 Å². The van der Waals surface area contributed by atoms with Crippen LogP contribution in [0.4, 0.5) is 0 Å². The third-order valence-corrected chi connectivity index (χ3v) is 4.49. The number of ketones is 1. The van der Waals surface area contributed by atoms with Crippen LogP contribution in [-0.4, -0.2) is 48.1 Å². The van der Waals surface area contributed by atoms with Crippen molar-refractivity contribution in [3.05, 3.63) is 29.8 Å². The number of hydrogen-bond donors (Lipinski definition) is 1. The van der Waals surface area contributed by atoms with E-state index in [0.29, 0.717) is 12.1 Å². The van der Waals surface area contributed by atoms with E-state index in [4.69, 9.17) is 4.74 Å². The van der Waals surface area contributed by atoms with E-state index in [1.165, 1.54) is 0 Å². The van der Waals surface area contributed by atoms with Crippen LogP contribution in [0.5, 0.6) is 5.75 Å². The molecule has 1 aromatic carbocycles. The molecular formula is C17H25NO3. The summed E-state index contributed by atoms with van der Waals surface area (Å²) in [6.45, 7) is 2.45. The van der Waals surface area contributed by atoms with Gasteiger partial charge in [-0.1, -0.05) is 12.8 Å². The first-order chi connectivity index (χ1) is 9.95. The Morgan fingerprint density at radius 3 is 2.43 bits per heavy atom. The lowest BCUT2D eigenvalue weighted by molar-refractivity contribution is 0.00856. The largest absolute Gasteiger partial charge is 0.497 e. The van der Waals surface area contributed by atoms with Gasteiger partial charge >= 0.3 is 0 Å². The number of nitrogens with zero attached hydrogens (tertiary/aromatic N) is 1. The summed E-state index contributed by atoms with van der Waals surface area (Å²) >= 11 is 0. The number of ether oxygens (including phenoxy) is 1. The van der Waals surface area contributed by atoms with Crippen LogP contribution in [-0.2, 0) is 0 Å². The van der Waals surface area contributed by atoms with Gasteiger partial charge in [-0.3, -0.25) is 9.69 Å². The van der Waals surface area contributed by atoms with Crippen LogP contribution in [0, 0.1) is 0 Å². The Labute approximate surface area is 126 Å². The number of methoxy groups -OCH3 is 1. The molecule has 21 heavy (non-hydrogen) atoms. The van der Waals surface area contributed by atoms with Gasteiger partial charge in [-0.05, 0) is 51.1 Å². The van der Waals surface area contributed by atoms with Crippen LogP contribution in [0.2, 0.25) is 0 Å². The summed E-state index contributed by atoms with van der Waals surface area (Å²) < 4.78 is 5.10. The fraction of sp³-hybridized carbons (Fsp3) is 0.588. The first-order valence-electron chi connectivity index (χ1n) is 7.56. The van der Waals surface area contributed by atoms with E-state index in [9.17, 15) is 9.90 Å². The molecule has 4 heteroatoms. The first-order valence-corrected chi connectivity index (χ1v) is 7.56. The molecule has 0 heterocycles. The van der Waals surface area contributed by atoms with E-state index < -0.39 is 5.60 Å². The Morgan fingerprint density at radius 2 is 1.90 bits per heavy atom. The molecule has 0 aliphatic heterocycles. The topological polar surface area (TPSA) is 49.8 Å². The van der Waals surface area contributed by atoms with Crippen molar-refractivity contribution in [3.63, 3.8) is 0 Å². The third kappa shape index (κ3) is 3.83. The number of hydrogen-bond acceptors (Lipinski definition) is 4. The molecule has 1 saturated carbocycles. The molecule has 0 amide bonds. The monoisotopic (exact) mass is 291 g/mol. The minimum Gasteiger partial charge on any atom is -0.497 e. The Hall–Kier alpha value is -1.39. The second-order valence-electron chi connectivity index (χ2n) is 6.12. The van der Waals surface area contributed by atoms with Crippen LogP contribution < -0.4 is 4.74 Å². The zero-order valence-electron chi connectivity index (χ0n) is 13.1. The molecule has 0 spiro atoms. The highest BCUT2D eigenvalue weighted by molar-refractivity contribution is 5.99. The number of rotatable bonds is 6. The van der Waals surface area contributed by atoms with Gasteiger partial charge in [-0.25, -0.2) is 0 Å². The smallest absolute Gasteiger partial charge is 0.179 e. The standard InChI is InChI=1S/C17H25NO3/c1-13(18(2)12-17(20)10-4-5-11-17)16(19)14-6-8-15(21-3)9-7-14/h6-9,13,20H,4-5,10-12H2,1-3H3. The predicted octanol–water partition coefficient (Wildman–Crippen LogP) is 2.50. The van der Waals surface area contributed by atoms with Crippen molar-refractivity contribution in [2.75, 3.05) is 20.7 Å². The molecule has 1 unspecified atom stereocenters. The van der Waals surface area contributed by atoms with E-state index in [2.05, 4.69) is 0 Å². The summed E-state index contributed by atoms with van der Waals surface area (Å²) in [4.78, 5) is 14.5. The molecule has 116 valence electrons. The highest BCUT2D eigenvalue weighted by Crippen LogP contribution is 2.30.